The first kappa shape index (κ1) is 19.3. The highest BCUT2D eigenvalue weighted by molar-refractivity contribution is 9.10. The minimum atomic E-state index is -3.90. The van der Waals surface area contributed by atoms with Crippen LogP contribution in [0.4, 0.5) is 4.39 Å². The van der Waals surface area contributed by atoms with E-state index in [0.29, 0.717) is 30.5 Å². The summed E-state index contributed by atoms with van der Waals surface area (Å²) in [5.74, 6) is -0.786. The standard InChI is InChI=1S/C15H21BrFN3O3S/c1-18(2)15(21)11-19-6-3-7-20(9-8-19)24(22,23)14-10-12(16)4-5-13(14)17/h4-5,10H,3,6-9,11H2,1-2H3. The van der Waals surface area contributed by atoms with E-state index in [9.17, 15) is 17.6 Å². The fourth-order valence-corrected chi connectivity index (χ4v) is 4.56. The molecule has 1 saturated heterocycles. The summed E-state index contributed by atoms with van der Waals surface area (Å²) in [6.07, 6.45) is 0.593. The molecule has 0 radical (unpaired) electrons. The number of amides is 1. The molecule has 1 amide bonds. The van der Waals surface area contributed by atoms with Gasteiger partial charge in [0.05, 0.1) is 6.54 Å². The van der Waals surface area contributed by atoms with Crippen LogP contribution in [0, 0.1) is 5.82 Å². The van der Waals surface area contributed by atoms with E-state index in [1.165, 1.54) is 21.3 Å². The molecule has 6 nitrogen and oxygen atoms in total. The molecule has 9 heteroatoms. The Bertz CT molecular complexity index is 712. The van der Waals surface area contributed by atoms with Gasteiger partial charge in [0.25, 0.3) is 0 Å². The average Bonchev–Trinajstić information content (AvgIpc) is 2.75. The molecular formula is C15H21BrFN3O3S. The number of hydrogen-bond acceptors (Lipinski definition) is 4. The van der Waals surface area contributed by atoms with Crippen molar-refractivity contribution in [2.24, 2.45) is 0 Å². The monoisotopic (exact) mass is 421 g/mol. The predicted molar refractivity (Wildman–Crippen MR) is 92.6 cm³/mol. The second-order valence-electron chi connectivity index (χ2n) is 5.90. The van der Waals surface area contributed by atoms with E-state index in [0.717, 1.165) is 6.07 Å². The molecule has 1 aliphatic rings. The Morgan fingerprint density at radius 1 is 1.25 bits per heavy atom. The van der Waals surface area contributed by atoms with Gasteiger partial charge in [0, 0.05) is 38.2 Å². The van der Waals surface area contributed by atoms with Crippen LogP contribution in [0.25, 0.3) is 0 Å². The summed E-state index contributed by atoms with van der Waals surface area (Å²) in [4.78, 5) is 14.9. The molecule has 0 bridgehead atoms. The van der Waals surface area contributed by atoms with Crippen molar-refractivity contribution < 1.29 is 17.6 Å². The third-order valence-corrected chi connectivity index (χ3v) is 6.32. The molecule has 1 aromatic rings. The number of likely N-dealkylation sites (N-methyl/N-ethyl adjacent to an activating group) is 1. The van der Waals surface area contributed by atoms with Crippen molar-refractivity contribution >= 4 is 31.9 Å². The number of hydrogen-bond donors (Lipinski definition) is 0. The van der Waals surface area contributed by atoms with Crippen LogP contribution in [-0.4, -0.2) is 75.2 Å². The first-order chi connectivity index (χ1) is 11.2. The third-order valence-electron chi connectivity index (χ3n) is 3.92. The van der Waals surface area contributed by atoms with Gasteiger partial charge in [0.1, 0.15) is 10.7 Å². The van der Waals surface area contributed by atoms with Crippen molar-refractivity contribution in [2.45, 2.75) is 11.3 Å². The molecule has 0 N–H and O–H groups in total. The van der Waals surface area contributed by atoms with Gasteiger partial charge in [-0.1, -0.05) is 15.9 Å². The minimum absolute atomic E-state index is 0.0238. The van der Waals surface area contributed by atoms with Crippen LogP contribution >= 0.6 is 15.9 Å². The number of nitrogens with zero attached hydrogens (tertiary/aromatic N) is 3. The van der Waals surface area contributed by atoms with Crippen LogP contribution in [-0.2, 0) is 14.8 Å². The minimum Gasteiger partial charge on any atom is -0.348 e. The summed E-state index contributed by atoms with van der Waals surface area (Å²) in [7, 11) is -0.526. The Kier molecular flexibility index (Phi) is 6.35. The zero-order valence-corrected chi connectivity index (χ0v) is 16.1. The van der Waals surface area contributed by atoms with Gasteiger partial charge >= 0.3 is 0 Å². The Labute approximate surface area is 150 Å². The van der Waals surface area contributed by atoms with Gasteiger partial charge in [-0.3, -0.25) is 9.69 Å². The molecule has 0 saturated carbocycles. The van der Waals surface area contributed by atoms with Crippen molar-refractivity contribution in [3.8, 4) is 0 Å². The molecule has 0 unspecified atom stereocenters. The number of rotatable bonds is 4. The molecule has 1 aliphatic heterocycles. The normalized spacial score (nSPS) is 17.5. The number of sulfonamides is 1. The largest absolute Gasteiger partial charge is 0.348 e. The maximum Gasteiger partial charge on any atom is 0.246 e. The molecule has 1 heterocycles. The molecule has 24 heavy (non-hydrogen) atoms. The second kappa shape index (κ2) is 7.90. The smallest absolute Gasteiger partial charge is 0.246 e. The van der Waals surface area contributed by atoms with Gasteiger partial charge in [-0.05, 0) is 31.2 Å². The Balaban J connectivity index is 2.13. The number of benzene rings is 1. The number of carbonyl (C=O) groups excluding carboxylic acids is 1. The van der Waals surface area contributed by atoms with Crippen LogP contribution in [0.5, 0.6) is 0 Å². The van der Waals surface area contributed by atoms with Crippen LogP contribution in [0.1, 0.15) is 6.42 Å². The highest BCUT2D eigenvalue weighted by atomic mass is 79.9. The lowest BCUT2D eigenvalue weighted by Gasteiger charge is -2.22. The van der Waals surface area contributed by atoms with Crippen LogP contribution in [0.15, 0.2) is 27.6 Å². The zero-order chi connectivity index (χ0) is 17.9. The molecule has 0 aromatic heterocycles. The van der Waals surface area contributed by atoms with Crippen molar-refractivity contribution in [3.05, 3.63) is 28.5 Å². The average molecular weight is 422 g/mol. The van der Waals surface area contributed by atoms with Gasteiger partial charge in [0.15, 0.2) is 0 Å². The van der Waals surface area contributed by atoms with Crippen molar-refractivity contribution in [3.63, 3.8) is 0 Å². The van der Waals surface area contributed by atoms with E-state index >= 15 is 0 Å². The van der Waals surface area contributed by atoms with Gasteiger partial charge < -0.3 is 4.90 Å². The lowest BCUT2D eigenvalue weighted by atomic mass is 10.3. The third kappa shape index (κ3) is 4.53. The van der Waals surface area contributed by atoms with Crippen LogP contribution in [0.2, 0.25) is 0 Å². The molecule has 0 spiro atoms. The highest BCUT2D eigenvalue weighted by Gasteiger charge is 2.29. The SMILES string of the molecule is CN(C)C(=O)CN1CCCN(S(=O)(=O)c2cc(Br)ccc2F)CC1. The van der Waals surface area contributed by atoms with E-state index in [2.05, 4.69) is 15.9 Å². The van der Waals surface area contributed by atoms with E-state index < -0.39 is 15.8 Å². The van der Waals surface area contributed by atoms with Crippen LogP contribution < -0.4 is 0 Å². The highest BCUT2D eigenvalue weighted by Crippen LogP contribution is 2.24. The summed E-state index contributed by atoms with van der Waals surface area (Å²) in [6, 6.07) is 3.88. The maximum absolute atomic E-state index is 14.0. The van der Waals surface area contributed by atoms with Crippen LogP contribution in [0.3, 0.4) is 0 Å². The molecule has 1 fully saturated rings. The molecule has 1 aromatic carbocycles. The lowest BCUT2D eigenvalue weighted by Crippen LogP contribution is -2.39. The predicted octanol–water partition coefficient (Wildman–Crippen LogP) is 1.37. The maximum atomic E-state index is 14.0. The van der Waals surface area contributed by atoms with Gasteiger partial charge in [-0.15, -0.1) is 0 Å². The summed E-state index contributed by atoms with van der Waals surface area (Å²) in [5, 5.41) is 0. The zero-order valence-electron chi connectivity index (χ0n) is 13.7. The first-order valence-electron chi connectivity index (χ1n) is 7.59. The summed E-state index contributed by atoms with van der Waals surface area (Å²) in [5.41, 5.74) is 0. The number of carbonyl (C=O) groups is 1. The van der Waals surface area contributed by atoms with E-state index in [4.69, 9.17) is 0 Å². The second-order valence-corrected chi connectivity index (χ2v) is 8.72. The van der Waals surface area contributed by atoms with Crippen molar-refractivity contribution in [1.82, 2.24) is 14.1 Å². The molecular weight excluding hydrogens is 401 g/mol. The number of halogens is 2. The fraction of sp³-hybridized carbons (Fsp3) is 0.533. The van der Waals surface area contributed by atoms with E-state index in [-0.39, 0.29) is 23.9 Å². The van der Waals surface area contributed by atoms with Gasteiger partial charge in [-0.2, -0.15) is 4.31 Å². The van der Waals surface area contributed by atoms with Gasteiger partial charge in [-0.25, -0.2) is 12.8 Å². The summed E-state index contributed by atoms with van der Waals surface area (Å²) in [6.45, 7) is 1.86. The lowest BCUT2D eigenvalue weighted by molar-refractivity contribution is -0.129. The van der Waals surface area contributed by atoms with Crippen molar-refractivity contribution in [1.29, 1.82) is 0 Å². The fourth-order valence-electron chi connectivity index (χ4n) is 2.49. The Morgan fingerprint density at radius 3 is 2.62 bits per heavy atom. The topological polar surface area (TPSA) is 60.9 Å². The summed E-state index contributed by atoms with van der Waals surface area (Å²) < 4.78 is 41.2. The Hall–Kier alpha value is -1.03. The van der Waals surface area contributed by atoms with Crippen molar-refractivity contribution in [2.75, 3.05) is 46.8 Å². The Morgan fingerprint density at radius 2 is 1.96 bits per heavy atom. The van der Waals surface area contributed by atoms with E-state index in [1.54, 1.807) is 14.1 Å². The van der Waals surface area contributed by atoms with E-state index in [1.807, 2.05) is 4.90 Å². The molecule has 0 aliphatic carbocycles. The molecule has 0 atom stereocenters. The first-order valence-corrected chi connectivity index (χ1v) is 9.83. The molecule has 2 rings (SSSR count). The summed E-state index contributed by atoms with van der Waals surface area (Å²) >= 11 is 3.18. The quantitative estimate of drug-likeness (QED) is 0.736. The van der Waals surface area contributed by atoms with Gasteiger partial charge in [0.2, 0.25) is 15.9 Å². The molecule has 134 valence electrons.